The zero-order chi connectivity index (χ0) is 18.9. The van der Waals surface area contributed by atoms with E-state index >= 15 is 0 Å². The lowest BCUT2D eigenvalue weighted by atomic mass is 9.84. The third-order valence-corrected chi connectivity index (χ3v) is 7.54. The van der Waals surface area contributed by atoms with E-state index in [9.17, 15) is 8.42 Å². The maximum absolute atomic E-state index is 12.3. The lowest BCUT2D eigenvalue weighted by Gasteiger charge is -2.30. The molecule has 1 aromatic heterocycles. The van der Waals surface area contributed by atoms with Crippen LogP contribution in [0.5, 0.6) is 0 Å². The summed E-state index contributed by atoms with van der Waals surface area (Å²) < 4.78 is 26.7. The van der Waals surface area contributed by atoms with Gasteiger partial charge in [-0.2, -0.15) is 5.10 Å². The maximum atomic E-state index is 12.3. The van der Waals surface area contributed by atoms with Crippen LogP contribution in [0.2, 0.25) is 5.02 Å². The molecule has 1 aliphatic rings. The summed E-state index contributed by atoms with van der Waals surface area (Å²) in [5.41, 5.74) is 3.06. The third kappa shape index (κ3) is 4.30. The molecule has 1 heterocycles. The molecule has 1 fully saturated rings. The van der Waals surface area contributed by atoms with Crippen LogP contribution in [0, 0.1) is 0 Å². The molecule has 0 bridgehead atoms. The largest absolute Gasteiger partial charge is 0.282 e. The molecule has 0 amide bonds. The number of nitrogens with zero attached hydrogens (tertiary/aromatic N) is 1. The Hall–Kier alpha value is -1.37. The Morgan fingerprint density at radius 1 is 1.12 bits per heavy atom. The molecular weight excluding hydrogens is 370 g/mol. The third-order valence-electron chi connectivity index (χ3n) is 5.03. The predicted octanol–water partition coefficient (Wildman–Crippen LogP) is 4.47. The zero-order valence-corrected chi connectivity index (χ0v) is 17.0. The van der Waals surface area contributed by atoms with E-state index in [4.69, 9.17) is 11.6 Å². The molecule has 26 heavy (non-hydrogen) atoms. The van der Waals surface area contributed by atoms with Crippen LogP contribution in [0.25, 0.3) is 11.3 Å². The van der Waals surface area contributed by atoms with Gasteiger partial charge in [-0.15, -0.1) is 0 Å². The van der Waals surface area contributed by atoms with Crippen molar-refractivity contribution in [3.8, 4) is 11.3 Å². The monoisotopic (exact) mass is 395 g/mol. The van der Waals surface area contributed by atoms with E-state index in [1.165, 1.54) is 0 Å². The Kier molecular flexibility index (Phi) is 5.47. The van der Waals surface area contributed by atoms with Crippen molar-refractivity contribution in [3.63, 3.8) is 0 Å². The molecule has 3 rings (SSSR count). The number of hydrogen-bond acceptors (Lipinski definition) is 3. The second-order valence-electron chi connectivity index (χ2n) is 8.00. The van der Waals surface area contributed by atoms with Crippen LogP contribution in [0.15, 0.2) is 30.3 Å². The summed E-state index contributed by atoms with van der Waals surface area (Å²) in [6.45, 7) is 5.18. The van der Waals surface area contributed by atoms with Crippen molar-refractivity contribution < 1.29 is 8.42 Å². The van der Waals surface area contributed by atoms with Crippen molar-refractivity contribution >= 4 is 21.6 Å². The Balaban J connectivity index is 1.61. The van der Waals surface area contributed by atoms with Gasteiger partial charge in [0.25, 0.3) is 0 Å². The highest BCUT2D eigenvalue weighted by atomic mass is 35.5. The smallest absolute Gasteiger partial charge is 0.216 e. The summed E-state index contributed by atoms with van der Waals surface area (Å²) in [6, 6.07) is 9.75. The minimum atomic E-state index is -3.30. The molecule has 5 nitrogen and oxygen atoms in total. The van der Waals surface area contributed by atoms with Crippen LogP contribution in [-0.2, 0) is 10.0 Å². The van der Waals surface area contributed by atoms with Gasteiger partial charge in [0.05, 0.1) is 10.4 Å². The molecule has 7 heteroatoms. The Labute approximate surface area is 160 Å². The molecule has 0 aliphatic heterocycles. The fourth-order valence-electron chi connectivity index (χ4n) is 3.23. The first-order valence-electron chi connectivity index (χ1n) is 8.99. The summed E-state index contributed by atoms with van der Waals surface area (Å²) in [7, 11) is -3.30. The first kappa shape index (κ1) is 19.4. The van der Waals surface area contributed by atoms with E-state index in [-0.39, 0.29) is 6.04 Å². The second kappa shape index (κ2) is 7.33. The summed E-state index contributed by atoms with van der Waals surface area (Å²) in [6.07, 6.45) is 3.57. The number of aromatic nitrogens is 2. The quantitative estimate of drug-likeness (QED) is 0.801. The number of benzene rings is 1. The number of sulfonamides is 1. The number of halogens is 1. The van der Waals surface area contributed by atoms with E-state index in [1.807, 2.05) is 24.3 Å². The molecule has 0 radical (unpaired) electrons. The van der Waals surface area contributed by atoms with Gasteiger partial charge in [-0.1, -0.05) is 23.7 Å². The minimum Gasteiger partial charge on any atom is -0.282 e. The van der Waals surface area contributed by atoms with Crippen LogP contribution in [0.4, 0.5) is 0 Å². The van der Waals surface area contributed by atoms with Gasteiger partial charge in [-0.05, 0) is 64.7 Å². The van der Waals surface area contributed by atoms with E-state index < -0.39 is 14.8 Å². The molecule has 142 valence electrons. The fourth-order valence-corrected chi connectivity index (χ4v) is 4.39. The maximum Gasteiger partial charge on any atom is 0.216 e. The van der Waals surface area contributed by atoms with Gasteiger partial charge in [0, 0.05) is 28.2 Å². The van der Waals surface area contributed by atoms with Crippen LogP contribution < -0.4 is 4.72 Å². The van der Waals surface area contributed by atoms with Crippen LogP contribution in [0.3, 0.4) is 0 Å². The molecule has 1 saturated carbocycles. The van der Waals surface area contributed by atoms with Crippen LogP contribution in [-0.4, -0.2) is 29.4 Å². The van der Waals surface area contributed by atoms with Gasteiger partial charge in [0.1, 0.15) is 0 Å². The first-order valence-corrected chi connectivity index (χ1v) is 10.8. The SMILES string of the molecule is CC(C)(C)S(=O)(=O)N[C@H]1CC[C@H](c2cc(-c3ccc(Cl)cc3)n[nH]2)CC1. The highest BCUT2D eigenvalue weighted by molar-refractivity contribution is 7.90. The van der Waals surface area contributed by atoms with Crippen molar-refractivity contribution in [2.75, 3.05) is 0 Å². The summed E-state index contributed by atoms with van der Waals surface area (Å²) >= 11 is 5.94. The Morgan fingerprint density at radius 3 is 2.31 bits per heavy atom. The summed E-state index contributed by atoms with van der Waals surface area (Å²) in [4.78, 5) is 0. The van der Waals surface area contributed by atoms with Gasteiger partial charge in [0.2, 0.25) is 10.0 Å². The molecule has 1 aliphatic carbocycles. The number of aromatic amines is 1. The van der Waals surface area contributed by atoms with Crippen molar-refractivity contribution in [1.82, 2.24) is 14.9 Å². The Bertz CT molecular complexity index is 846. The average molecular weight is 396 g/mol. The van der Waals surface area contributed by atoms with Crippen molar-refractivity contribution in [2.24, 2.45) is 0 Å². The van der Waals surface area contributed by atoms with E-state index in [1.54, 1.807) is 20.8 Å². The fraction of sp³-hybridized carbons (Fsp3) is 0.526. The lowest BCUT2D eigenvalue weighted by Crippen LogP contribution is -2.45. The van der Waals surface area contributed by atoms with Crippen molar-refractivity contribution in [3.05, 3.63) is 41.0 Å². The standard InChI is InChI=1S/C19H26ClN3O2S/c1-19(2,3)26(24,25)23-16-10-6-14(7-11-16)18-12-17(21-22-18)13-4-8-15(20)9-5-13/h4-5,8-9,12,14,16,23H,6-7,10-11H2,1-3H3,(H,21,22)/t14-,16-. The molecule has 0 spiro atoms. The topological polar surface area (TPSA) is 74.8 Å². The molecule has 2 N–H and O–H groups in total. The van der Waals surface area contributed by atoms with Gasteiger partial charge in [-0.25, -0.2) is 13.1 Å². The number of H-pyrrole nitrogens is 1. The average Bonchev–Trinajstić information content (AvgIpc) is 3.05. The normalized spacial score (nSPS) is 21.7. The predicted molar refractivity (Wildman–Crippen MR) is 106 cm³/mol. The molecule has 0 atom stereocenters. The highest BCUT2D eigenvalue weighted by Gasteiger charge is 2.33. The van der Waals surface area contributed by atoms with Crippen molar-refractivity contribution in [1.29, 1.82) is 0 Å². The molecule has 0 saturated heterocycles. The van der Waals surface area contributed by atoms with Gasteiger partial charge in [0.15, 0.2) is 0 Å². The number of nitrogens with one attached hydrogen (secondary N) is 2. The van der Waals surface area contributed by atoms with E-state index in [0.29, 0.717) is 10.9 Å². The van der Waals surface area contributed by atoms with Crippen LogP contribution >= 0.6 is 11.6 Å². The van der Waals surface area contributed by atoms with Crippen molar-refractivity contribution in [2.45, 2.75) is 63.2 Å². The molecular formula is C19H26ClN3O2S. The van der Waals surface area contributed by atoms with Crippen LogP contribution in [0.1, 0.15) is 58.1 Å². The van der Waals surface area contributed by atoms with Gasteiger partial charge >= 0.3 is 0 Å². The zero-order valence-electron chi connectivity index (χ0n) is 15.4. The summed E-state index contributed by atoms with van der Waals surface area (Å²) in [5, 5.41) is 8.29. The molecule has 2 aromatic rings. The highest BCUT2D eigenvalue weighted by Crippen LogP contribution is 2.34. The Morgan fingerprint density at radius 2 is 1.73 bits per heavy atom. The molecule has 0 unspecified atom stereocenters. The number of hydrogen-bond donors (Lipinski definition) is 2. The second-order valence-corrected chi connectivity index (χ2v) is 10.9. The lowest BCUT2D eigenvalue weighted by molar-refractivity contribution is 0.367. The minimum absolute atomic E-state index is 0.0223. The van der Waals surface area contributed by atoms with Gasteiger partial charge in [-0.3, -0.25) is 5.10 Å². The number of rotatable bonds is 4. The summed E-state index contributed by atoms with van der Waals surface area (Å²) in [5.74, 6) is 0.388. The molecule has 1 aromatic carbocycles. The van der Waals surface area contributed by atoms with E-state index in [0.717, 1.165) is 42.6 Å². The van der Waals surface area contributed by atoms with Gasteiger partial charge < -0.3 is 0 Å². The first-order chi connectivity index (χ1) is 12.2. The van der Waals surface area contributed by atoms with E-state index in [2.05, 4.69) is 21.0 Å².